The van der Waals surface area contributed by atoms with Gasteiger partial charge in [0, 0.05) is 16.0 Å². The second kappa shape index (κ2) is 6.43. The van der Waals surface area contributed by atoms with Crippen molar-refractivity contribution in [3.63, 3.8) is 0 Å². The van der Waals surface area contributed by atoms with E-state index in [-0.39, 0.29) is 11.7 Å². The summed E-state index contributed by atoms with van der Waals surface area (Å²) in [5.41, 5.74) is 6.38. The number of aromatic nitrogens is 1. The monoisotopic (exact) mass is 374 g/mol. The zero-order valence-electron chi connectivity index (χ0n) is 10.5. The maximum Gasteiger partial charge on any atom is 0.269 e. The van der Waals surface area contributed by atoms with E-state index in [9.17, 15) is 4.79 Å². The lowest BCUT2D eigenvalue weighted by Gasteiger charge is -2.06. The highest BCUT2D eigenvalue weighted by Crippen LogP contribution is 2.29. The quantitative estimate of drug-likeness (QED) is 0.759. The number of rotatable bonds is 4. The van der Waals surface area contributed by atoms with Gasteiger partial charge >= 0.3 is 0 Å². The minimum atomic E-state index is -0.299. The molecule has 1 heterocycles. The largest absolute Gasteiger partial charge is 0.382 e. The zero-order chi connectivity index (χ0) is 14.7. The number of benzene rings is 1. The summed E-state index contributed by atoms with van der Waals surface area (Å²) in [5, 5.41) is 7.01. The average molecular weight is 376 g/mol. The van der Waals surface area contributed by atoms with Crippen molar-refractivity contribution >= 4 is 61.4 Å². The molecule has 0 unspecified atom stereocenters. The minimum absolute atomic E-state index is 0.216. The summed E-state index contributed by atoms with van der Waals surface area (Å²) in [4.78, 5) is 16.7. The summed E-state index contributed by atoms with van der Waals surface area (Å²) in [6.07, 6.45) is 0. The van der Waals surface area contributed by atoms with E-state index >= 15 is 0 Å². The summed E-state index contributed by atoms with van der Waals surface area (Å²) < 4.78 is 0.702. The third kappa shape index (κ3) is 3.41. The summed E-state index contributed by atoms with van der Waals surface area (Å²) in [6, 6.07) is 5.12. The Hall–Kier alpha value is -1.31. The van der Waals surface area contributed by atoms with Gasteiger partial charge in [0.25, 0.3) is 5.91 Å². The number of nitrogens with zero attached hydrogens (tertiary/aromatic N) is 1. The van der Waals surface area contributed by atoms with Crippen LogP contribution in [0.5, 0.6) is 0 Å². The Bertz CT molecular complexity index is 646. The van der Waals surface area contributed by atoms with E-state index < -0.39 is 0 Å². The van der Waals surface area contributed by atoms with E-state index in [2.05, 4.69) is 31.5 Å². The lowest BCUT2D eigenvalue weighted by atomic mass is 10.3. The van der Waals surface area contributed by atoms with Crippen LogP contribution in [0.3, 0.4) is 0 Å². The predicted octanol–water partition coefficient (Wildman–Crippen LogP) is 3.83. The number of nitrogen functional groups attached to an aromatic ring is 1. The molecule has 1 aromatic heterocycles. The van der Waals surface area contributed by atoms with E-state index in [1.54, 1.807) is 18.2 Å². The normalized spacial score (nSPS) is 10.3. The Morgan fingerprint density at radius 1 is 1.55 bits per heavy atom. The van der Waals surface area contributed by atoms with Crippen molar-refractivity contribution in [1.29, 1.82) is 0 Å². The van der Waals surface area contributed by atoms with Crippen LogP contribution in [-0.4, -0.2) is 17.4 Å². The topological polar surface area (TPSA) is 80.0 Å². The lowest BCUT2D eigenvalue weighted by molar-refractivity contribution is 0.103. The Morgan fingerprint density at radius 2 is 2.30 bits per heavy atom. The molecule has 1 amide bonds. The van der Waals surface area contributed by atoms with Gasteiger partial charge < -0.3 is 16.4 Å². The molecular formula is C12H12BrClN4OS. The van der Waals surface area contributed by atoms with Crippen LogP contribution >= 0.6 is 38.9 Å². The number of carbonyl (C=O) groups excluding carboxylic acids is 1. The number of nitrogens with two attached hydrogens (primary N) is 1. The number of carbonyl (C=O) groups is 1. The average Bonchev–Trinajstić information content (AvgIpc) is 2.74. The Balaban J connectivity index is 2.19. The predicted molar refractivity (Wildman–Crippen MR) is 87.8 cm³/mol. The van der Waals surface area contributed by atoms with Crippen molar-refractivity contribution < 1.29 is 4.79 Å². The second-order valence-electron chi connectivity index (χ2n) is 3.84. The number of thiazole rings is 1. The molecule has 0 spiro atoms. The minimum Gasteiger partial charge on any atom is -0.382 e. The van der Waals surface area contributed by atoms with Gasteiger partial charge in [-0.15, -0.1) is 0 Å². The number of anilines is 3. The van der Waals surface area contributed by atoms with Gasteiger partial charge in [-0.25, -0.2) is 4.98 Å². The molecule has 106 valence electrons. The molecule has 2 aromatic rings. The highest BCUT2D eigenvalue weighted by Gasteiger charge is 2.17. The van der Waals surface area contributed by atoms with Gasteiger partial charge in [0.2, 0.25) is 0 Å². The van der Waals surface area contributed by atoms with Gasteiger partial charge in [-0.3, -0.25) is 4.79 Å². The molecule has 0 radical (unpaired) electrons. The summed E-state index contributed by atoms with van der Waals surface area (Å²) in [5.74, 6) is -0.0827. The molecule has 0 saturated carbocycles. The summed E-state index contributed by atoms with van der Waals surface area (Å²) >= 11 is 10.4. The number of halogens is 2. The van der Waals surface area contributed by atoms with Crippen LogP contribution in [0.2, 0.25) is 5.02 Å². The van der Waals surface area contributed by atoms with E-state index in [0.29, 0.717) is 25.2 Å². The smallest absolute Gasteiger partial charge is 0.269 e. The van der Waals surface area contributed by atoms with Crippen molar-refractivity contribution in [3.8, 4) is 0 Å². The summed E-state index contributed by atoms with van der Waals surface area (Å²) in [7, 11) is 0. The van der Waals surface area contributed by atoms with Gasteiger partial charge in [-0.05, 0) is 41.1 Å². The van der Waals surface area contributed by atoms with Crippen LogP contribution in [-0.2, 0) is 0 Å². The second-order valence-corrected chi connectivity index (χ2v) is 6.13. The first-order valence-electron chi connectivity index (χ1n) is 5.77. The first kappa shape index (κ1) is 15.1. The molecule has 4 N–H and O–H groups in total. The highest BCUT2D eigenvalue weighted by molar-refractivity contribution is 9.10. The molecular weight excluding hydrogens is 364 g/mol. The van der Waals surface area contributed by atoms with Crippen LogP contribution in [0.15, 0.2) is 22.7 Å². The van der Waals surface area contributed by atoms with E-state index in [1.165, 1.54) is 11.3 Å². The first-order chi connectivity index (χ1) is 9.51. The van der Waals surface area contributed by atoms with Gasteiger partial charge in [0.05, 0.1) is 5.69 Å². The van der Waals surface area contributed by atoms with Crippen LogP contribution in [0.4, 0.5) is 16.6 Å². The Kier molecular flexibility index (Phi) is 4.85. The van der Waals surface area contributed by atoms with Gasteiger partial charge in [-0.2, -0.15) is 0 Å². The molecule has 0 fully saturated rings. The Labute approximate surface area is 133 Å². The van der Waals surface area contributed by atoms with E-state index in [1.807, 2.05) is 6.92 Å². The first-order valence-corrected chi connectivity index (χ1v) is 7.76. The molecule has 1 aromatic carbocycles. The van der Waals surface area contributed by atoms with Crippen LogP contribution in [0.1, 0.15) is 16.6 Å². The van der Waals surface area contributed by atoms with Crippen LogP contribution in [0.25, 0.3) is 0 Å². The number of hydrogen-bond acceptors (Lipinski definition) is 5. The fraction of sp³-hybridized carbons (Fsp3) is 0.167. The third-order valence-electron chi connectivity index (χ3n) is 2.37. The maximum absolute atomic E-state index is 12.2. The molecule has 20 heavy (non-hydrogen) atoms. The summed E-state index contributed by atoms with van der Waals surface area (Å²) in [6.45, 7) is 2.67. The van der Waals surface area contributed by atoms with Gasteiger partial charge in [-0.1, -0.05) is 22.9 Å². The fourth-order valence-corrected chi connectivity index (χ4v) is 3.12. The van der Waals surface area contributed by atoms with Crippen molar-refractivity contribution in [2.24, 2.45) is 0 Å². The molecule has 0 aliphatic rings. The van der Waals surface area contributed by atoms with Crippen molar-refractivity contribution in [3.05, 3.63) is 32.6 Å². The third-order valence-corrected chi connectivity index (χ3v) is 4.29. The highest BCUT2D eigenvalue weighted by atomic mass is 79.9. The number of hydrogen-bond donors (Lipinski definition) is 3. The SMILES string of the molecule is CCNc1nc(N)c(C(=O)Nc2ccc(Cl)cc2Br)s1. The molecule has 0 bridgehead atoms. The van der Waals surface area contributed by atoms with Gasteiger partial charge in [0.1, 0.15) is 10.7 Å². The molecule has 0 atom stereocenters. The molecule has 0 aliphatic heterocycles. The van der Waals surface area contributed by atoms with Crippen molar-refractivity contribution in [1.82, 2.24) is 4.98 Å². The number of amides is 1. The molecule has 0 aliphatic carbocycles. The molecule has 0 saturated heterocycles. The van der Waals surface area contributed by atoms with E-state index in [0.717, 1.165) is 6.54 Å². The van der Waals surface area contributed by atoms with E-state index in [4.69, 9.17) is 17.3 Å². The van der Waals surface area contributed by atoms with Gasteiger partial charge in [0.15, 0.2) is 5.13 Å². The van der Waals surface area contributed by atoms with Crippen molar-refractivity contribution in [2.75, 3.05) is 22.9 Å². The molecule has 2 rings (SSSR count). The molecule has 5 nitrogen and oxygen atoms in total. The fourth-order valence-electron chi connectivity index (χ4n) is 1.49. The van der Waals surface area contributed by atoms with Crippen LogP contribution in [0, 0.1) is 0 Å². The number of nitrogens with one attached hydrogen (secondary N) is 2. The molecule has 8 heteroatoms. The van der Waals surface area contributed by atoms with Crippen molar-refractivity contribution in [2.45, 2.75) is 6.92 Å². The Morgan fingerprint density at radius 3 is 2.95 bits per heavy atom. The van der Waals surface area contributed by atoms with Crippen LogP contribution < -0.4 is 16.4 Å². The lowest BCUT2D eigenvalue weighted by Crippen LogP contribution is -2.12. The standard InChI is InChI=1S/C12H12BrClN4OS/c1-2-16-12-18-10(15)9(20-12)11(19)17-8-4-3-6(14)5-7(8)13/h3-5H,2,15H2,1H3,(H,16,18)(H,17,19). The zero-order valence-corrected chi connectivity index (χ0v) is 13.7. The maximum atomic E-state index is 12.2.